The third-order valence-corrected chi connectivity index (χ3v) is 1.46. The summed E-state index contributed by atoms with van der Waals surface area (Å²) < 4.78 is 82.6. The van der Waals surface area contributed by atoms with E-state index >= 15 is 0 Å². The minimum atomic E-state index is -6.50. The van der Waals surface area contributed by atoms with E-state index in [9.17, 15) is 35.5 Å². The Kier molecular flexibility index (Phi) is 3.42. The van der Waals surface area contributed by atoms with Gasteiger partial charge in [0.15, 0.2) is 0 Å². The molecule has 0 amide bonds. The molecule has 0 aliphatic heterocycles. The second kappa shape index (κ2) is 3.56. The van der Waals surface area contributed by atoms with Gasteiger partial charge in [-0.3, -0.25) is 4.79 Å². The zero-order valence-electron chi connectivity index (χ0n) is 6.14. The number of hydrogen-bond donors (Lipinski definition) is 0. The van der Waals surface area contributed by atoms with E-state index in [0.29, 0.717) is 0 Å². The summed E-state index contributed by atoms with van der Waals surface area (Å²) in [6.45, 7) is 0. The van der Waals surface area contributed by atoms with Crippen LogP contribution < -0.4 is 0 Å². The lowest BCUT2D eigenvalue weighted by Gasteiger charge is -2.26. The van der Waals surface area contributed by atoms with Crippen molar-refractivity contribution in [3.05, 3.63) is 0 Å². The summed E-state index contributed by atoms with van der Waals surface area (Å²) in [5, 5.41) is 0. The van der Waals surface area contributed by atoms with E-state index in [0.717, 1.165) is 0 Å². The third kappa shape index (κ3) is 1.94. The zero-order valence-corrected chi connectivity index (χ0v) is 6.89. The summed E-state index contributed by atoms with van der Waals surface area (Å²) in [5.41, 5.74) is 0. The topological polar surface area (TPSA) is 17.1 Å². The first-order chi connectivity index (χ1) is 5.98. The minimum Gasteiger partial charge on any atom is -0.291 e. The average molecular weight is 247 g/mol. The molecule has 0 fully saturated rings. The average Bonchev–Trinajstić information content (AvgIpc) is 2.00. The van der Waals surface area contributed by atoms with Gasteiger partial charge in [0.2, 0.25) is 5.78 Å². The van der Waals surface area contributed by atoms with Gasteiger partial charge < -0.3 is 0 Å². The Morgan fingerprint density at radius 1 is 1.00 bits per heavy atom. The summed E-state index contributed by atoms with van der Waals surface area (Å²) in [5.74, 6) is -16.6. The lowest BCUT2D eigenvalue weighted by molar-refractivity contribution is -0.343. The van der Waals surface area contributed by atoms with E-state index in [1.165, 1.54) is 0 Å². The van der Waals surface area contributed by atoms with Crippen molar-refractivity contribution in [2.45, 2.75) is 18.0 Å². The molecule has 0 aromatic heterocycles. The van der Waals surface area contributed by atoms with E-state index in [-0.39, 0.29) is 0 Å². The molecule has 9 heteroatoms. The maximum atomic E-state index is 12.2. The smallest absolute Gasteiger partial charge is 0.291 e. The quantitative estimate of drug-likeness (QED) is 0.553. The summed E-state index contributed by atoms with van der Waals surface area (Å²) >= 11 is 4.46. The van der Waals surface area contributed by atoms with E-state index in [2.05, 4.69) is 11.6 Å². The highest BCUT2D eigenvalue weighted by molar-refractivity contribution is 6.28. The van der Waals surface area contributed by atoms with Crippen LogP contribution in [-0.2, 0) is 4.79 Å². The second-order valence-electron chi connectivity index (χ2n) is 2.20. The standard InChI is InChI=1S/C5H2ClF7O/c6-1-2(14)3(7,8)4(9,10)5(11,12)13/h1H2. The molecule has 0 aliphatic carbocycles. The van der Waals surface area contributed by atoms with Gasteiger partial charge in [-0.25, -0.2) is 0 Å². The third-order valence-electron chi connectivity index (χ3n) is 1.22. The normalized spacial score (nSPS) is 14.3. The van der Waals surface area contributed by atoms with Crippen molar-refractivity contribution in [1.82, 2.24) is 0 Å². The van der Waals surface area contributed by atoms with Crippen LogP contribution in [-0.4, -0.2) is 29.7 Å². The van der Waals surface area contributed by atoms with Crippen molar-refractivity contribution in [1.29, 1.82) is 0 Å². The van der Waals surface area contributed by atoms with E-state index in [4.69, 9.17) is 0 Å². The van der Waals surface area contributed by atoms with Gasteiger partial charge in [-0.15, -0.1) is 11.6 Å². The number of Topliss-reactive ketones (excluding diaryl/α,β-unsaturated/α-hetero) is 1. The Morgan fingerprint density at radius 3 is 1.57 bits per heavy atom. The van der Waals surface area contributed by atoms with Crippen molar-refractivity contribution in [2.75, 3.05) is 5.88 Å². The Labute approximate surface area is 77.8 Å². The summed E-state index contributed by atoms with van der Waals surface area (Å²) in [7, 11) is 0. The number of ketones is 1. The van der Waals surface area contributed by atoms with E-state index in [1.807, 2.05) is 0 Å². The van der Waals surface area contributed by atoms with Gasteiger partial charge >= 0.3 is 18.0 Å². The molecule has 0 aliphatic rings. The van der Waals surface area contributed by atoms with Crippen LogP contribution in [0.15, 0.2) is 0 Å². The molecule has 0 saturated heterocycles. The van der Waals surface area contributed by atoms with Crippen LogP contribution in [0.5, 0.6) is 0 Å². The maximum Gasteiger partial charge on any atom is 0.460 e. The SMILES string of the molecule is O=C(CCl)C(F)(F)C(F)(F)C(F)(F)F. The van der Waals surface area contributed by atoms with Crippen LogP contribution in [0.3, 0.4) is 0 Å². The van der Waals surface area contributed by atoms with Gasteiger partial charge in [-0.2, -0.15) is 30.7 Å². The summed E-state index contributed by atoms with van der Waals surface area (Å²) in [6.07, 6.45) is -6.50. The molecule has 0 N–H and O–H groups in total. The summed E-state index contributed by atoms with van der Waals surface area (Å²) in [6, 6.07) is 0. The highest BCUT2D eigenvalue weighted by Gasteiger charge is 2.75. The Hall–Kier alpha value is -0.530. The van der Waals surface area contributed by atoms with Gasteiger partial charge in [-0.05, 0) is 0 Å². The molecule has 1 nitrogen and oxygen atoms in total. The van der Waals surface area contributed by atoms with Crippen molar-refractivity contribution < 1.29 is 35.5 Å². The molecule has 0 heterocycles. The molecule has 0 spiro atoms. The van der Waals surface area contributed by atoms with Crippen molar-refractivity contribution in [2.24, 2.45) is 0 Å². The number of halogens is 8. The molecule has 0 aromatic carbocycles. The largest absolute Gasteiger partial charge is 0.460 e. The first-order valence-corrected chi connectivity index (χ1v) is 3.43. The van der Waals surface area contributed by atoms with E-state index in [1.54, 1.807) is 0 Å². The number of alkyl halides is 8. The first kappa shape index (κ1) is 13.5. The van der Waals surface area contributed by atoms with Gasteiger partial charge in [0.25, 0.3) is 0 Å². The highest BCUT2D eigenvalue weighted by Crippen LogP contribution is 2.46. The van der Waals surface area contributed by atoms with Gasteiger partial charge in [0.1, 0.15) is 0 Å². The number of carbonyl (C=O) groups is 1. The van der Waals surface area contributed by atoms with Crippen LogP contribution in [0.1, 0.15) is 0 Å². The molecule has 14 heavy (non-hydrogen) atoms. The van der Waals surface area contributed by atoms with Crippen LogP contribution in [0.25, 0.3) is 0 Å². The van der Waals surface area contributed by atoms with Crippen molar-refractivity contribution in [3.8, 4) is 0 Å². The zero-order chi connectivity index (χ0) is 11.8. The Balaban J connectivity index is 5.18. The maximum absolute atomic E-state index is 12.2. The molecule has 0 atom stereocenters. The monoisotopic (exact) mass is 246 g/mol. The fourth-order valence-corrected chi connectivity index (χ4v) is 0.605. The molecule has 0 unspecified atom stereocenters. The number of rotatable bonds is 3. The Morgan fingerprint density at radius 2 is 1.36 bits per heavy atom. The number of carbonyl (C=O) groups excluding carboxylic acids is 1. The second-order valence-corrected chi connectivity index (χ2v) is 2.47. The predicted molar refractivity (Wildman–Crippen MR) is 31.7 cm³/mol. The minimum absolute atomic E-state index is 1.63. The fraction of sp³-hybridized carbons (Fsp3) is 0.800. The van der Waals surface area contributed by atoms with Crippen LogP contribution in [0, 0.1) is 0 Å². The molecule has 0 bridgehead atoms. The molecule has 0 aromatic rings. The van der Waals surface area contributed by atoms with Crippen molar-refractivity contribution in [3.63, 3.8) is 0 Å². The van der Waals surface area contributed by atoms with Crippen LogP contribution >= 0.6 is 11.6 Å². The van der Waals surface area contributed by atoms with Crippen LogP contribution in [0.4, 0.5) is 30.7 Å². The molecule has 0 radical (unpaired) electrons. The number of hydrogen-bond acceptors (Lipinski definition) is 1. The lowest BCUT2D eigenvalue weighted by atomic mass is 10.1. The lowest BCUT2D eigenvalue weighted by Crippen LogP contribution is -2.56. The molecule has 0 rings (SSSR count). The molecular weight excluding hydrogens is 244 g/mol. The first-order valence-electron chi connectivity index (χ1n) is 2.90. The fourth-order valence-electron chi connectivity index (χ4n) is 0.437. The predicted octanol–water partition coefficient (Wildman–Crippen LogP) is 2.63. The molecule has 84 valence electrons. The van der Waals surface area contributed by atoms with Gasteiger partial charge in [0, 0.05) is 0 Å². The van der Waals surface area contributed by atoms with Crippen molar-refractivity contribution >= 4 is 17.4 Å². The van der Waals surface area contributed by atoms with Crippen LogP contribution in [0.2, 0.25) is 0 Å². The van der Waals surface area contributed by atoms with Gasteiger partial charge in [-0.1, -0.05) is 0 Å². The molecule has 0 saturated carbocycles. The van der Waals surface area contributed by atoms with Gasteiger partial charge in [0.05, 0.1) is 5.88 Å². The van der Waals surface area contributed by atoms with E-state index < -0.39 is 29.7 Å². The highest BCUT2D eigenvalue weighted by atomic mass is 35.5. The Bertz CT molecular complexity index is 233. The molecular formula is C5H2ClF7O. The summed E-state index contributed by atoms with van der Waals surface area (Å²) in [4.78, 5) is 10.1.